The first-order chi connectivity index (χ1) is 1.91. The van der Waals surface area contributed by atoms with Gasteiger partial charge in [-0.25, -0.2) is 0 Å². The predicted molar refractivity (Wildman–Crippen MR) is 20.4 cm³/mol. The van der Waals surface area contributed by atoms with Crippen molar-refractivity contribution in [3.05, 3.63) is 0 Å². The standard InChI is InChI=1S/CH4ClFSi/c2-4-1-3/h1,4H2. The molecule has 0 amide bonds. The third-order valence-corrected chi connectivity index (χ3v) is 0.643. The molecule has 0 bridgehead atoms. The molecule has 0 saturated carbocycles. The maximum absolute atomic E-state index is 10.7. The molecule has 0 N–H and O–H groups in total. The molecular formula is CH4ClFSi. The van der Waals surface area contributed by atoms with Gasteiger partial charge in [-0.3, -0.25) is 4.39 Å². The van der Waals surface area contributed by atoms with Crippen LogP contribution < -0.4 is 0 Å². The van der Waals surface area contributed by atoms with Gasteiger partial charge in [0.15, 0.2) is 8.83 Å². The Kier molecular flexibility index (Phi) is 3.81. The van der Waals surface area contributed by atoms with E-state index in [-0.39, 0.29) is 6.30 Å². The molecule has 0 aromatic rings. The van der Waals surface area contributed by atoms with Crippen molar-refractivity contribution in [1.82, 2.24) is 0 Å². The molecule has 0 rings (SSSR count). The summed E-state index contributed by atoms with van der Waals surface area (Å²) < 4.78 is 10.7. The molecule has 0 aromatic heterocycles. The fraction of sp³-hybridized carbons (Fsp3) is 1.00. The Morgan fingerprint density at radius 1 is 2.00 bits per heavy atom. The average molecular weight is 98.6 g/mol. The fourth-order valence-corrected chi connectivity index (χ4v) is 0. The van der Waals surface area contributed by atoms with Crippen LogP contribution in [0.25, 0.3) is 0 Å². The van der Waals surface area contributed by atoms with Crippen molar-refractivity contribution >= 4 is 19.9 Å². The Labute approximate surface area is 31.5 Å². The van der Waals surface area contributed by atoms with Crippen LogP contribution in [0, 0.1) is 0 Å². The minimum Gasteiger partial charge on any atom is -0.254 e. The number of hydrogen-bond acceptors (Lipinski definition) is 0. The fourth-order valence-electron chi connectivity index (χ4n) is 0. The smallest absolute Gasteiger partial charge is 0.159 e. The Morgan fingerprint density at radius 3 is 2.25 bits per heavy atom. The maximum Gasteiger partial charge on any atom is 0.159 e. The topological polar surface area (TPSA) is 0 Å². The van der Waals surface area contributed by atoms with Crippen molar-refractivity contribution in [2.75, 3.05) is 6.30 Å². The summed E-state index contributed by atoms with van der Waals surface area (Å²) in [5, 5.41) is 0. The van der Waals surface area contributed by atoms with E-state index >= 15 is 0 Å². The third kappa shape index (κ3) is 2.44. The summed E-state index contributed by atoms with van der Waals surface area (Å²) in [6, 6.07) is 0. The van der Waals surface area contributed by atoms with Crippen LogP contribution >= 0.6 is 11.1 Å². The van der Waals surface area contributed by atoms with Gasteiger partial charge < -0.3 is 0 Å². The highest BCUT2D eigenvalue weighted by Gasteiger charge is 1.66. The van der Waals surface area contributed by atoms with Gasteiger partial charge in [0.25, 0.3) is 0 Å². The maximum atomic E-state index is 10.7. The summed E-state index contributed by atoms with van der Waals surface area (Å²) >= 11 is 4.95. The zero-order valence-corrected chi connectivity index (χ0v) is 4.34. The molecule has 0 radical (unpaired) electrons. The van der Waals surface area contributed by atoms with Gasteiger partial charge in [0.1, 0.15) is 0 Å². The van der Waals surface area contributed by atoms with Crippen LogP contribution in [0.1, 0.15) is 0 Å². The minimum atomic E-state index is -0.770. The van der Waals surface area contributed by atoms with Crippen LogP contribution in [0.4, 0.5) is 4.39 Å². The van der Waals surface area contributed by atoms with Gasteiger partial charge in [0, 0.05) is 0 Å². The highest BCUT2D eigenvalue weighted by Crippen LogP contribution is 1.64. The lowest BCUT2D eigenvalue weighted by Crippen LogP contribution is -1.73. The van der Waals surface area contributed by atoms with Gasteiger partial charge >= 0.3 is 0 Å². The highest BCUT2D eigenvalue weighted by molar-refractivity contribution is 6.93. The first-order valence-corrected chi connectivity index (χ1v) is 4.17. The molecule has 0 fully saturated rings. The van der Waals surface area contributed by atoms with Crippen molar-refractivity contribution in [2.45, 2.75) is 0 Å². The summed E-state index contributed by atoms with van der Waals surface area (Å²) in [5.74, 6) is 0. The second kappa shape index (κ2) is 3.44. The lowest BCUT2D eigenvalue weighted by atomic mass is 11.8. The Morgan fingerprint density at radius 2 is 2.25 bits per heavy atom. The number of halogens is 2. The van der Waals surface area contributed by atoms with E-state index in [1.165, 1.54) is 0 Å². The number of hydrogen-bond donors (Lipinski definition) is 0. The quantitative estimate of drug-likeness (QED) is 0.326. The van der Waals surface area contributed by atoms with E-state index in [1.54, 1.807) is 0 Å². The van der Waals surface area contributed by atoms with Crippen molar-refractivity contribution in [2.24, 2.45) is 0 Å². The molecule has 0 aliphatic carbocycles. The lowest BCUT2D eigenvalue weighted by molar-refractivity contribution is 0.597. The van der Waals surface area contributed by atoms with E-state index in [1.807, 2.05) is 0 Å². The molecule has 0 saturated heterocycles. The summed E-state index contributed by atoms with van der Waals surface area (Å²) in [6.07, 6.45) is -0.276. The Balaban J connectivity index is 1.97. The van der Waals surface area contributed by atoms with Gasteiger partial charge in [0.05, 0.1) is 6.30 Å². The van der Waals surface area contributed by atoms with Crippen LogP contribution in [-0.2, 0) is 0 Å². The largest absolute Gasteiger partial charge is 0.254 e. The van der Waals surface area contributed by atoms with Crippen molar-refractivity contribution < 1.29 is 4.39 Å². The summed E-state index contributed by atoms with van der Waals surface area (Å²) in [4.78, 5) is 0. The van der Waals surface area contributed by atoms with Crippen molar-refractivity contribution in [3.63, 3.8) is 0 Å². The Bertz CT molecular complexity index is 10.0. The van der Waals surface area contributed by atoms with Gasteiger partial charge in [0.2, 0.25) is 0 Å². The third-order valence-electron chi connectivity index (χ3n) is 0.0714. The van der Waals surface area contributed by atoms with Crippen LogP contribution in [-0.4, -0.2) is 15.1 Å². The molecule has 4 heavy (non-hydrogen) atoms. The summed E-state index contributed by atoms with van der Waals surface area (Å²) in [6.45, 7) is 0. The molecule has 0 nitrogen and oxygen atoms in total. The second-order valence-corrected chi connectivity index (χ2v) is 2.27. The van der Waals surface area contributed by atoms with Gasteiger partial charge in [-0.05, 0) is 0 Å². The Hall–Kier alpha value is 0.437. The van der Waals surface area contributed by atoms with Crippen molar-refractivity contribution in [3.8, 4) is 0 Å². The zero-order chi connectivity index (χ0) is 3.41. The van der Waals surface area contributed by atoms with Gasteiger partial charge in [-0.2, -0.15) is 11.1 Å². The zero-order valence-electron chi connectivity index (χ0n) is 2.17. The number of rotatable bonds is 1. The summed E-state index contributed by atoms with van der Waals surface area (Å²) in [7, 11) is -0.770. The van der Waals surface area contributed by atoms with Crippen LogP contribution in [0.15, 0.2) is 0 Å². The van der Waals surface area contributed by atoms with Gasteiger partial charge in [-0.15, -0.1) is 0 Å². The van der Waals surface area contributed by atoms with Crippen LogP contribution in [0.3, 0.4) is 0 Å². The van der Waals surface area contributed by atoms with Crippen LogP contribution in [0.5, 0.6) is 0 Å². The molecule has 0 atom stereocenters. The average Bonchev–Trinajstić information content (AvgIpc) is 1.37. The molecule has 0 unspecified atom stereocenters. The lowest BCUT2D eigenvalue weighted by Gasteiger charge is -1.60. The SMILES string of the molecule is FC[SiH2]Cl. The number of alkyl halides is 1. The molecule has 0 spiro atoms. The van der Waals surface area contributed by atoms with E-state index in [4.69, 9.17) is 11.1 Å². The molecule has 3 heteroatoms. The van der Waals surface area contributed by atoms with E-state index in [0.29, 0.717) is 0 Å². The van der Waals surface area contributed by atoms with E-state index < -0.39 is 8.83 Å². The first kappa shape index (κ1) is 4.44. The normalized spacial score (nSPS) is 10.5. The predicted octanol–water partition coefficient (Wildman–Crippen LogP) is 0.236. The van der Waals surface area contributed by atoms with E-state index in [2.05, 4.69) is 0 Å². The first-order valence-electron chi connectivity index (χ1n) is 1.03. The molecular weight excluding hydrogens is 94.5 g/mol. The molecule has 26 valence electrons. The van der Waals surface area contributed by atoms with Crippen molar-refractivity contribution in [1.29, 1.82) is 0 Å². The highest BCUT2D eigenvalue weighted by atomic mass is 35.6. The molecule has 0 aliphatic rings. The monoisotopic (exact) mass is 98.0 g/mol. The minimum absolute atomic E-state index is 0.276. The van der Waals surface area contributed by atoms with Gasteiger partial charge in [-0.1, -0.05) is 0 Å². The molecule has 0 heterocycles. The summed E-state index contributed by atoms with van der Waals surface area (Å²) in [5.41, 5.74) is 0. The van der Waals surface area contributed by atoms with E-state index in [9.17, 15) is 4.39 Å². The molecule has 0 aliphatic heterocycles. The van der Waals surface area contributed by atoms with E-state index in [0.717, 1.165) is 0 Å². The van der Waals surface area contributed by atoms with Crippen LogP contribution in [0.2, 0.25) is 0 Å². The second-order valence-electron chi connectivity index (χ2n) is 0.378. The molecule has 0 aromatic carbocycles.